The molecule has 0 N–H and O–H groups in total. The summed E-state index contributed by atoms with van der Waals surface area (Å²) < 4.78 is 1.01. The fraction of sp³-hybridized carbons (Fsp3) is 0.500. The first-order valence-electron chi connectivity index (χ1n) is 6.20. The molecule has 0 saturated heterocycles. The van der Waals surface area contributed by atoms with Gasteiger partial charge < -0.3 is 0 Å². The van der Waals surface area contributed by atoms with Gasteiger partial charge in [-0.25, -0.2) is 0 Å². The predicted octanol–water partition coefficient (Wildman–Crippen LogP) is 3.36. The molecule has 0 amide bonds. The number of nitrogens with zero attached hydrogens (tertiary/aromatic N) is 1. The number of hydrogen-bond acceptors (Lipinski definition) is 2. The normalized spacial score (nSPS) is 15.2. The number of likely N-dealkylation sites (N-methyl/N-ethyl adjacent to an activating group) is 1. The lowest BCUT2D eigenvalue weighted by molar-refractivity contribution is 0.0931. The van der Waals surface area contributed by atoms with Gasteiger partial charge in [0.1, 0.15) is 0 Å². The van der Waals surface area contributed by atoms with Crippen LogP contribution >= 0.6 is 15.9 Å². The number of carbonyl (C=O) groups excluding carboxylic acids is 1. The first-order valence-corrected chi connectivity index (χ1v) is 6.99. The van der Waals surface area contributed by atoms with Crippen molar-refractivity contribution in [2.75, 3.05) is 19.6 Å². The van der Waals surface area contributed by atoms with Crippen LogP contribution in [0.15, 0.2) is 28.7 Å². The standard InChI is InChI=1S/C14H18BrNO/c1-2-16(9-11-3-4-11)10-14(17)12-5-7-13(15)8-6-12/h5-8,11H,2-4,9-10H2,1H3. The Hall–Kier alpha value is -0.670. The van der Waals surface area contributed by atoms with E-state index in [1.54, 1.807) is 0 Å². The summed E-state index contributed by atoms with van der Waals surface area (Å²) in [4.78, 5) is 14.3. The highest BCUT2D eigenvalue weighted by atomic mass is 79.9. The van der Waals surface area contributed by atoms with Crippen molar-refractivity contribution in [2.45, 2.75) is 19.8 Å². The number of halogens is 1. The lowest BCUT2D eigenvalue weighted by atomic mass is 10.1. The van der Waals surface area contributed by atoms with Crippen molar-refractivity contribution in [1.29, 1.82) is 0 Å². The molecular formula is C14H18BrNO. The molecule has 0 atom stereocenters. The third-order valence-electron chi connectivity index (χ3n) is 3.19. The van der Waals surface area contributed by atoms with Gasteiger partial charge in [0.15, 0.2) is 5.78 Å². The summed E-state index contributed by atoms with van der Waals surface area (Å²) in [5.74, 6) is 1.06. The molecule has 17 heavy (non-hydrogen) atoms. The maximum atomic E-state index is 12.1. The minimum absolute atomic E-state index is 0.222. The van der Waals surface area contributed by atoms with E-state index in [9.17, 15) is 4.79 Å². The van der Waals surface area contributed by atoms with Crippen LogP contribution in [-0.4, -0.2) is 30.3 Å². The first-order chi connectivity index (χ1) is 8.19. The molecule has 0 aliphatic heterocycles. The van der Waals surface area contributed by atoms with Crippen molar-refractivity contribution >= 4 is 21.7 Å². The summed E-state index contributed by atoms with van der Waals surface area (Å²) in [6, 6.07) is 7.61. The second-order valence-electron chi connectivity index (χ2n) is 4.70. The van der Waals surface area contributed by atoms with Crippen LogP contribution in [-0.2, 0) is 0 Å². The van der Waals surface area contributed by atoms with Crippen molar-refractivity contribution in [3.63, 3.8) is 0 Å². The van der Waals surface area contributed by atoms with E-state index in [1.807, 2.05) is 24.3 Å². The Morgan fingerprint density at radius 1 is 1.35 bits per heavy atom. The van der Waals surface area contributed by atoms with E-state index in [4.69, 9.17) is 0 Å². The van der Waals surface area contributed by atoms with Crippen molar-refractivity contribution in [2.24, 2.45) is 5.92 Å². The molecular weight excluding hydrogens is 278 g/mol. The molecule has 3 heteroatoms. The van der Waals surface area contributed by atoms with Gasteiger partial charge in [0.2, 0.25) is 0 Å². The zero-order chi connectivity index (χ0) is 12.3. The average Bonchev–Trinajstić information content (AvgIpc) is 3.13. The molecule has 1 aromatic rings. The molecule has 1 aromatic carbocycles. The van der Waals surface area contributed by atoms with Gasteiger partial charge in [-0.1, -0.05) is 35.0 Å². The minimum Gasteiger partial charge on any atom is -0.296 e. The van der Waals surface area contributed by atoms with Crippen LogP contribution < -0.4 is 0 Å². The molecule has 0 spiro atoms. The van der Waals surface area contributed by atoms with Gasteiger partial charge in [-0.3, -0.25) is 9.69 Å². The lowest BCUT2D eigenvalue weighted by Gasteiger charge is -2.19. The molecule has 0 radical (unpaired) electrons. The van der Waals surface area contributed by atoms with Crippen LogP contribution in [0, 0.1) is 5.92 Å². The number of carbonyl (C=O) groups is 1. The average molecular weight is 296 g/mol. The Morgan fingerprint density at radius 3 is 2.53 bits per heavy atom. The molecule has 2 nitrogen and oxygen atoms in total. The van der Waals surface area contributed by atoms with Crippen LogP contribution in [0.25, 0.3) is 0 Å². The third-order valence-corrected chi connectivity index (χ3v) is 3.72. The summed E-state index contributed by atoms with van der Waals surface area (Å²) >= 11 is 3.38. The Balaban J connectivity index is 1.92. The molecule has 0 unspecified atom stereocenters. The topological polar surface area (TPSA) is 20.3 Å². The largest absolute Gasteiger partial charge is 0.296 e. The Bertz CT molecular complexity index is 384. The Kier molecular flexibility index (Phi) is 4.35. The number of Topliss-reactive ketones (excluding diaryl/α,β-unsaturated/α-hetero) is 1. The number of rotatable bonds is 6. The smallest absolute Gasteiger partial charge is 0.176 e. The van der Waals surface area contributed by atoms with E-state index in [2.05, 4.69) is 27.8 Å². The van der Waals surface area contributed by atoms with E-state index in [0.29, 0.717) is 6.54 Å². The quantitative estimate of drug-likeness (QED) is 0.750. The van der Waals surface area contributed by atoms with Gasteiger partial charge in [-0.15, -0.1) is 0 Å². The molecule has 92 valence electrons. The zero-order valence-corrected chi connectivity index (χ0v) is 11.7. The summed E-state index contributed by atoms with van der Waals surface area (Å²) in [5.41, 5.74) is 0.808. The molecule has 2 rings (SSSR count). The van der Waals surface area contributed by atoms with Gasteiger partial charge in [0, 0.05) is 16.6 Å². The Labute approximate surface area is 111 Å². The lowest BCUT2D eigenvalue weighted by Crippen LogP contribution is -2.31. The van der Waals surface area contributed by atoms with E-state index in [-0.39, 0.29) is 5.78 Å². The van der Waals surface area contributed by atoms with Gasteiger partial charge in [0.05, 0.1) is 6.54 Å². The molecule has 1 saturated carbocycles. The monoisotopic (exact) mass is 295 g/mol. The molecule has 1 aliphatic carbocycles. The molecule has 1 fully saturated rings. The fourth-order valence-corrected chi connectivity index (χ4v) is 2.17. The van der Waals surface area contributed by atoms with E-state index >= 15 is 0 Å². The van der Waals surface area contributed by atoms with Crippen LogP contribution in [0.3, 0.4) is 0 Å². The highest BCUT2D eigenvalue weighted by molar-refractivity contribution is 9.10. The van der Waals surface area contributed by atoms with Gasteiger partial charge in [-0.05, 0) is 37.4 Å². The first kappa shape index (κ1) is 12.8. The van der Waals surface area contributed by atoms with Crippen molar-refractivity contribution in [3.8, 4) is 0 Å². The van der Waals surface area contributed by atoms with Gasteiger partial charge in [-0.2, -0.15) is 0 Å². The van der Waals surface area contributed by atoms with Crippen LogP contribution in [0.4, 0.5) is 0 Å². The fourth-order valence-electron chi connectivity index (χ4n) is 1.90. The van der Waals surface area contributed by atoms with E-state index < -0.39 is 0 Å². The van der Waals surface area contributed by atoms with Crippen LogP contribution in [0.5, 0.6) is 0 Å². The van der Waals surface area contributed by atoms with Crippen molar-refractivity contribution in [1.82, 2.24) is 4.90 Å². The second-order valence-corrected chi connectivity index (χ2v) is 5.62. The number of ketones is 1. The SMILES string of the molecule is CCN(CC(=O)c1ccc(Br)cc1)CC1CC1. The highest BCUT2D eigenvalue weighted by Gasteiger charge is 2.24. The maximum Gasteiger partial charge on any atom is 0.176 e. The summed E-state index contributed by atoms with van der Waals surface area (Å²) in [5, 5.41) is 0. The third kappa shape index (κ3) is 3.93. The van der Waals surface area contributed by atoms with Crippen LogP contribution in [0.1, 0.15) is 30.1 Å². The summed E-state index contributed by atoms with van der Waals surface area (Å²) in [7, 11) is 0. The van der Waals surface area contributed by atoms with Crippen LogP contribution in [0.2, 0.25) is 0 Å². The van der Waals surface area contributed by atoms with Crippen molar-refractivity contribution < 1.29 is 4.79 Å². The molecule has 0 bridgehead atoms. The summed E-state index contributed by atoms with van der Waals surface area (Å²) in [6.07, 6.45) is 2.67. The number of hydrogen-bond donors (Lipinski definition) is 0. The van der Waals surface area contributed by atoms with E-state index in [0.717, 1.165) is 29.0 Å². The highest BCUT2D eigenvalue weighted by Crippen LogP contribution is 2.29. The number of benzene rings is 1. The second kappa shape index (κ2) is 5.78. The van der Waals surface area contributed by atoms with Gasteiger partial charge >= 0.3 is 0 Å². The Morgan fingerprint density at radius 2 is 2.00 bits per heavy atom. The molecule has 0 heterocycles. The van der Waals surface area contributed by atoms with Gasteiger partial charge in [0.25, 0.3) is 0 Å². The molecule has 1 aliphatic rings. The minimum atomic E-state index is 0.222. The molecule has 0 aromatic heterocycles. The summed E-state index contributed by atoms with van der Waals surface area (Å²) in [6.45, 7) is 4.71. The van der Waals surface area contributed by atoms with E-state index in [1.165, 1.54) is 12.8 Å². The van der Waals surface area contributed by atoms with Crippen molar-refractivity contribution in [3.05, 3.63) is 34.3 Å². The zero-order valence-electron chi connectivity index (χ0n) is 10.2. The maximum absolute atomic E-state index is 12.1. The predicted molar refractivity (Wildman–Crippen MR) is 73.3 cm³/mol.